The Hall–Kier alpha value is -3.11. The number of hydrogen-bond acceptors (Lipinski definition) is 2. The standard InChI is InChI=1S/C29H33ClN2O2/c1-21(2)19-31-29(34)27(17-23-10-5-4-6-11-23)32(20-25-12-8-7-9-22(25)3)28(33)18-24-13-15-26(30)16-14-24/h4-16,21,27H,17-20H2,1-3H3,(H,31,34). The predicted molar refractivity (Wildman–Crippen MR) is 139 cm³/mol. The molecular weight excluding hydrogens is 444 g/mol. The van der Waals surface area contributed by atoms with Crippen molar-refractivity contribution >= 4 is 23.4 Å². The molecule has 0 aliphatic heterocycles. The highest BCUT2D eigenvalue weighted by molar-refractivity contribution is 6.30. The van der Waals surface area contributed by atoms with Crippen molar-refractivity contribution in [3.8, 4) is 0 Å². The summed E-state index contributed by atoms with van der Waals surface area (Å²) in [6.07, 6.45) is 0.648. The molecule has 0 aliphatic rings. The van der Waals surface area contributed by atoms with Crippen LogP contribution in [0.2, 0.25) is 5.02 Å². The minimum atomic E-state index is -0.624. The second-order valence-electron chi connectivity index (χ2n) is 9.10. The Morgan fingerprint density at radius 1 is 0.882 bits per heavy atom. The lowest BCUT2D eigenvalue weighted by molar-refractivity contribution is -0.140. The van der Waals surface area contributed by atoms with Crippen molar-refractivity contribution < 1.29 is 9.59 Å². The van der Waals surface area contributed by atoms with Crippen LogP contribution in [0, 0.1) is 12.8 Å². The Kier molecular flexibility index (Phi) is 9.29. The van der Waals surface area contributed by atoms with Gasteiger partial charge in [-0.25, -0.2) is 0 Å². The second kappa shape index (κ2) is 12.4. The summed E-state index contributed by atoms with van der Waals surface area (Å²) < 4.78 is 0. The SMILES string of the molecule is Cc1ccccc1CN(C(=O)Cc1ccc(Cl)cc1)C(Cc1ccccc1)C(=O)NCC(C)C. The van der Waals surface area contributed by atoms with Gasteiger partial charge in [0.05, 0.1) is 6.42 Å². The summed E-state index contributed by atoms with van der Waals surface area (Å²) in [6, 6.07) is 24.5. The van der Waals surface area contributed by atoms with Crippen LogP contribution in [-0.4, -0.2) is 29.3 Å². The summed E-state index contributed by atoms with van der Waals surface area (Å²) in [5, 5.41) is 3.69. The van der Waals surface area contributed by atoms with Gasteiger partial charge in [0.25, 0.3) is 0 Å². The maximum atomic E-state index is 13.7. The third-order valence-corrected chi connectivity index (χ3v) is 6.08. The third-order valence-electron chi connectivity index (χ3n) is 5.83. The molecule has 1 N–H and O–H groups in total. The van der Waals surface area contributed by atoms with Crippen molar-refractivity contribution in [3.05, 3.63) is 106 Å². The van der Waals surface area contributed by atoms with Crippen LogP contribution in [0.4, 0.5) is 0 Å². The molecule has 2 amide bonds. The Morgan fingerprint density at radius 3 is 2.18 bits per heavy atom. The van der Waals surface area contributed by atoms with Crippen LogP contribution in [0.15, 0.2) is 78.9 Å². The molecule has 3 aromatic rings. The van der Waals surface area contributed by atoms with Crippen molar-refractivity contribution in [1.29, 1.82) is 0 Å². The van der Waals surface area contributed by atoms with Gasteiger partial charge >= 0.3 is 0 Å². The molecule has 3 rings (SSSR count). The van der Waals surface area contributed by atoms with Gasteiger partial charge in [0.15, 0.2) is 0 Å². The molecule has 1 unspecified atom stereocenters. The number of amides is 2. The maximum absolute atomic E-state index is 13.7. The van der Waals surface area contributed by atoms with E-state index in [0.29, 0.717) is 30.5 Å². The molecule has 34 heavy (non-hydrogen) atoms. The Morgan fingerprint density at radius 2 is 1.53 bits per heavy atom. The van der Waals surface area contributed by atoms with Crippen molar-refractivity contribution in [2.75, 3.05) is 6.54 Å². The van der Waals surface area contributed by atoms with Crippen molar-refractivity contribution in [1.82, 2.24) is 10.2 Å². The molecule has 5 heteroatoms. The zero-order chi connectivity index (χ0) is 24.5. The van der Waals surface area contributed by atoms with Gasteiger partial charge in [0.2, 0.25) is 11.8 Å². The zero-order valence-corrected chi connectivity index (χ0v) is 20.9. The van der Waals surface area contributed by atoms with E-state index in [1.54, 1.807) is 17.0 Å². The van der Waals surface area contributed by atoms with E-state index >= 15 is 0 Å². The summed E-state index contributed by atoms with van der Waals surface area (Å²) >= 11 is 6.03. The lowest BCUT2D eigenvalue weighted by atomic mass is 10.00. The molecule has 0 spiro atoms. The van der Waals surface area contributed by atoms with Gasteiger partial charge in [-0.3, -0.25) is 9.59 Å². The van der Waals surface area contributed by atoms with E-state index in [9.17, 15) is 9.59 Å². The minimum Gasteiger partial charge on any atom is -0.354 e. The highest BCUT2D eigenvalue weighted by Crippen LogP contribution is 2.19. The summed E-state index contributed by atoms with van der Waals surface area (Å²) in [4.78, 5) is 28.9. The number of aryl methyl sites for hydroxylation is 1. The average molecular weight is 477 g/mol. The van der Waals surface area contributed by atoms with Gasteiger partial charge in [-0.15, -0.1) is 0 Å². The van der Waals surface area contributed by atoms with Crippen LogP contribution < -0.4 is 5.32 Å². The quantitative estimate of drug-likeness (QED) is 0.414. The van der Waals surface area contributed by atoms with Crippen LogP contribution >= 0.6 is 11.6 Å². The van der Waals surface area contributed by atoms with E-state index in [-0.39, 0.29) is 18.2 Å². The fourth-order valence-electron chi connectivity index (χ4n) is 3.83. The van der Waals surface area contributed by atoms with Gasteiger partial charge in [0, 0.05) is 24.5 Å². The zero-order valence-electron chi connectivity index (χ0n) is 20.1. The van der Waals surface area contributed by atoms with Gasteiger partial charge in [0.1, 0.15) is 6.04 Å². The highest BCUT2D eigenvalue weighted by atomic mass is 35.5. The lowest BCUT2D eigenvalue weighted by Gasteiger charge is -2.32. The molecule has 4 nitrogen and oxygen atoms in total. The first-order chi connectivity index (χ1) is 16.3. The van der Waals surface area contributed by atoms with Crippen LogP contribution in [0.25, 0.3) is 0 Å². The van der Waals surface area contributed by atoms with Gasteiger partial charge in [-0.1, -0.05) is 92.2 Å². The smallest absolute Gasteiger partial charge is 0.243 e. The number of carbonyl (C=O) groups is 2. The number of rotatable bonds is 10. The molecular formula is C29H33ClN2O2. The molecule has 0 saturated heterocycles. The number of nitrogens with zero attached hydrogens (tertiary/aromatic N) is 1. The molecule has 0 radical (unpaired) electrons. The van der Waals surface area contributed by atoms with Crippen LogP contribution in [-0.2, 0) is 29.0 Å². The number of halogens is 1. The Labute approximate surface area is 207 Å². The second-order valence-corrected chi connectivity index (χ2v) is 9.53. The molecule has 0 fully saturated rings. The van der Waals surface area contributed by atoms with Crippen molar-refractivity contribution in [3.63, 3.8) is 0 Å². The molecule has 178 valence electrons. The molecule has 0 aromatic heterocycles. The maximum Gasteiger partial charge on any atom is 0.243 e. The number of carbonyl (C=O) groups excluding carboxylic acids is 2. The fourth-order valence-corrected chi connectivity index (χ4v) is 3.95. The minimum absolute atomic E-state index is 0.0915. The van der Waals surface area contributed by atoms with Gasteiger partial charge in [-0.05, 0) is 47.2 Å². The van der Waals surface area contributed by atoms with E-state index in [2.05, 4.69) is 19.2 Å². The molecule has 0 aliphatic carbocycles. The monoisotopic (exact) mass is 476 g/mol. The van der Waals surface area contributed by atoms with Crippen molar-refractivity contribution in [2.24, 2.45) is 5.92 Å². The normalized spacial score (nSPS) is 11.8. The van der Waals surface area contributed by atoms with Gasteiger partial charge in [-0.2, -0.15) is 0 Å². The van der Waals surface area contributed by atoms with Crippen molar-refractivity contribution in [2.45, 2.75) is 46.2 Å². The summed E-state index contributed by atoms with van der Waals surface area (Å²) in [7, 11) is 0. The van der Waals surface area contributed by atoms with E-state index < -0.39 is 6.04 Å². The topological polar surface area (TPSA) is 49.4 Å². The first-order valence-corrected chi connectivity index (χ1v) is 12.1. The number of benzene rings is 3. The Balaban J connectivity index is 1.96. The highest BCUT2D eigenvalue weighted by Gasteiger charge is 2.30. The molecule has 3 aromatic carbocycles. The Bertz CT molecular complexity index is 1080. The van der Waals surface area contributed by atoms with Crippen LogP contribution in [0.3, 0.4) is 0 Å². The number of hydrogen-bond donors (Lipinski definition) is 1. The predicted octanol–water partition coefficient (Wildman–Crippen LogP) is 5.60. The largest absolute Gasteiger partial charge is 0.354 e. The first-order valence-electron chi connectivity index (χ1n) is 11.7. The first kappa shape index (κ1) is 25.5. The van der Waals surface area contributed by atoms with Crippen LogP contribution in [0.5, 0.6) is 0 Å². The van der Waals surface area contributed by atoms with E-state index in [4.69, 9.17) is 11.6 Å². The average Bonchev–Trinajstić information content (AvgIpc) is 2.83. The van der Waals surface area contributed by atoms with Gasteiger partial charge < -0.3 is 10.2 Å². The molecule has 1 atom stereocenters. The molecule has 0 saturated carbocycles. The van der Waals surface area contributed by atoms with E-state index in [1.807, 2.05) is 73.7 Å². The fraction of sp³-hybridized carbons (Fsp3) is 0.310. The summed E-state index contributed by atoms with van der Waals surface area (Å²) in [5.41, 5.74) is 4.00. The number of nitrogens with one attached hydrogen (secondary N) is 1. The molecule has 0 bridgehead atoms. The van der Waals surface area contributed by atoms with E-state index in [0.717, 1.165) is 22.3 Å². The lowest BCUT2D eigenvalue weighted by Crippen LogP contribution is -2.51. The van der Waals surface area contributed by atoms with E-state index in [1.165, 1.54) is 0 Å². The van der Waals surface area contributed by atoms with Crippen LogP contribution in [0.1, 0.15) is 36.1 Å². The summed E-state index contributed by atoms with van der Waals surface area (Å²) in [5.74, 6) is 0.0951. The summed E-state index contributed by atoms with van der Waals surface area (Å²) in [6.45, 7) is 7.08. The molecule has 0 heterocycles. The third kappa shape index (κ3) is 7.46.